The highest BCUT2D eigenvalue weighted by atomic mass is 32.2. The number of anilines is 2. The minimum atomic E-state index is -0.658. The third-order valence-corrected chi connectivity index (χ3v) is 7.92. The van der Waals surface area contributed by atoms with E-state index >= 15 is 0 Å². The number of benzene rings is 2. The monoisotopic (exact) mass is 432 g/mol. The Bertz CT molecular complexity index is 1090. The van der Waals surface area contributed by atoms with Gasteiger partial charge in [-0.2, -0.15) is 0 Å². The van der Waals surface area contributed by atoms with Gasteiger partial charge in [0, 0.05) is 17.9 Å². The van der Waals surface area contributed by atoms with Gasteiger partial charge in [0.25, 0.3) is 17.7 Å². The van der Waals surface area contributed by atoms with Crippen molar-refractivity contribution in [3.8, 4) is 0 Å². The van der Waals surface area contributed by atoms with Gasteiger partial charge in [-0.25, -0.2) is 4.90 Å². The van der Waals surface area contributed by atoms with E-state index in [1.807, 2.05) is 42.5 Å². The molecule has 1 aliphatic carbocycles. The Kier molecular flexibility index (Phi) is 5.18. The molecule has 2 heterocycles. The first-order valence-electron chi connectivity index (χ1n) is 10.8. The van der Waals surface area contributed by atoms with Crippen LogP contribution < -0.4 is 9.80 Å². The summed E-state index contributed by atoms with van der Waals surface area (Å²) in [5.41, 5.74) is 2.77. The number of hydrogen-bond acceptors (Lipinski definition) is 4. The molecule has 0 spiro atoms. The molecule has 5 rings (SSSR count). The van der Waals surface area contributed by atoms with Crippen molar-refractivity contribution in [1.29, 1.82) is 0 Å². The third-order valence-electron chi connectivity index (χ3n) is 6.36. The minimum Gasteiger partial charge on any atom is -0.311 e. The molecule has 2 aromatic rings. The molecule has 0 N–H and O–H groups in total. The quantitative estimate of drug-likeness (QED) is 0.532. The maximum Gasteiger partial charge on any atom is 0.263 e. The van der Waals surface area contributed by atoms with Crippen molar-refractivity contribution in [3.05, 3.63) is 65.7 Å². The highest BCUT2D eigenvalue weighted by molar-refractivity contribution is 8.01. The fourth-order valence-electron chi connectivity index (χ4n) is 4.78. The molecule has 0 aromatic heterocycles. The van der Waals surface area contributed by atoms with Crippen LogP contribution in [-0.4, -0.2) is 35.3 Å². The largest absolute Gasteiger partial charge is 0.311 e. The summed E-state index contributed by atoms with van der Waals surface area (Å²) >= 11 is 1.57. The summed E-state index contributed by atoms with van der Waals surface area (Å²) in [7, 11) is 1.72. The average Bonchev–Trinajstić information content (AvgIpc) is 3.19. The Morgan fingerprint density at radius 2 is 1.52 bits per heavy atom. The Hall–Kier alpha value is -2.86. The maximum atomic E-state index is 13.7. The number of thioether (sulfide) groups is 1. The van der Waals surface area contributed by atoms with Crippen LogP contribution in [0.1, 0.15) is 37.7 Å². The Morgan fingerprint density at radius 3 is 2.26 bits per heavy atom. The fourth-order valence-corrected chi connectivity index (χ4v) is 6.35. The lowest BCUT2D eigenvalue weighted by atomic mass is 9.99. The molecule has 0 radical (unpaired) electrons. The Labute approximate surface area is 186 Å². The van der Waals surface area contributed by atoms with Gasteiger partial charge >= 0.3 is 0 Å². The first-order chi connectivity index (χ1) is 15.1. The first kappa shape index (κ1) is 20.1. The highest BCUT2D eigenvalue weighted by Gasteiger charge is 2.49. The van der Waals surface area contributed by atoms with Gasteiger partial charge in [-0.05, 0) is 31.0 Å². The maximum absolute atomic E-state index is 13.7. The van der Waals surface area contributed by atoms with Gasteiger partial charge < -0.3 is 4.90 Å². The van der Waals surface area contributed by atoms with Crippen molar-refractivity contribution in [3.63, 3.8) is 0 Å². The summed E-state index contributed by atoms with van der Waals surface area (Å²) in [5.74, 6) is -0.839. The zero-order valence-corrected chi connectivity index (χ0v) is 18.2. The number of fused-ring (bicyclic) bond motifs is 1. The molecule has 1 saturated carbocycles. The summed E-state index contributed by atoms with van der Waals surface area (Å²) < 4.78 is 0. The van der Waals surface area contributed by atoms with E-state index in [1.165, 1.54) is 11.3 Å². The number of carbonyl (C=O) groups excluding carboxylic acids is 3. The predicted octanol–water partition coefficient (Wildman–Crippen LogP) is 4.42. The number of para-hydroxylation sites is 2. The molecule has 31 heavy (non-hydrogen) atoms. The third kappa shape index (κ3) is 3.30. The number of hydrogen-bond donors (Lipinski definition) is 0. The van der Waals surface area contributed by atoms with Gasteiger partial charge in [-0.1, -0.05) is 55.7 Å². The zero-order chi connectivity index (χ0) is 21.5. The summed E-state index contributed by atoms with van der Waals surface area (Å²) in [6.07, 6.45) is 5.59. The van der Waals surface area contributed by atoms with Crippen molar-refractivity contribution < 1.29 is 14.4 Å². The van der Waals surface area contributed by atoms with Crippen LogP contribution >= 0.6 is 11.8 Å². The van der Waals surface area contributed by atoms with Crippen LogP contribution in [0.2, 0.25) is 0 Å². The van der Waals surface area contributed by atoms with Crippen molar-refractivity contribution in [1.82, 2.24) is 0 Å². The van der Waals surface area contributed by atoms with Crippen LogP contribution in [0.4, 0.5) is 11.4 Å². The molecule has 5 nitrogen and oxygen atoms in total. The van der Waals surface area contributed by atoms with E-state index in [4.69, 9.17) is 0 Å². The topological polar surface area (TPSA) is 57.7 Å². The zero-order valence-electron chi connectivity index (χ0n) is 17.4. The second-order valence-electron chi connectivity index (χ2n) is 8.26. The van der Waals surface area contributed by atoms with Crippen molar-refractivity contribution in [2.45, 2.75) is 42.6 Å². The molecule has 6 heteroatoms. The number of amides is 3. The van der Waals surface area contributed by atoms with Gasteiger partial charge in [-0.3, -0.25) is 14.4 Å². The molecular weight excluding hydrogens is 408 g/mol. The van der Waals surface area contributed by atoms with Gasteiger partial charge in [0.2, 0.25) is 0 Å². The van der Waals surface area contributed by atoms with Crippen LogP contribution in [0, 0.1) is 0 Å². The van der Waals surface area contributed by atoms with E-state index in [2.05, 4.69) is 0 Å². The minimum absolute atomic E-state index is 0.221. The van der Waals surface area contributed by atoms with Crippen LogP contribution in [0.25, 0.3) is 5.57 Å². The summed E-state index contributed by atoms with van der Waals surface area (Å²) in [6.45, 7) is 0. The van der Waals surface area contributed by atoms with Crippen molar-refractivity contribution in [2.75, 3.05) is 16.8 Å². The molecule has 2 fully saturated rings. The normalized spacial score (nSPS) is 24.3. The van der Waals surface area contributed by atoms with Crippen LogP contribution in [-0.2, 0) is 14.4 Å². The van der Waals surface area contributed by atoms with E-state index < -0.39 is 5.25 Å². The number of imide groups is 1. The number of carbonyl (C=O) groups is 3. The lowest BCUT2D eigenvalue weighted by Crippen LogP contribution is -2.31. The average molecular weight is 433 g/mol. The van der Waals surface area contributed by atoms with Gasteiger partial charge in [0.1, 0.15) is 5.25 Å². The molecular formula is C25H24N2O3S. The SMILES string of the molecule is CN1C(=O)/C(=C2/C(=O)N(c3ccccc3)C(=O)C2SC2CCCCC2)c2ccccc21. The molecule has 3 aliphatic rings. The molecule has 158 valence electrons. The van der Waals surface area contributed by atoms with Crippen molar-refractivity contribution >= 4 is 46.4 Å². The molecule has 1 saturated heterocycles. The van der Waals surface area contributed by atoms with E-state index in [0.717, 1.165) is 36.9 Å². The second kappa shape index (κ2) is 8.00. The molecule has 3 amide bonds. The van der Waals surface area contributed by atoms with E-state index in [0.29, 0.717) is 22.1 Å². The van der Waals surface area contributed by atoms with E-state index in [9.17, 15) is 14.4 Å². The van der Waals surface area contributed by atoms with E-state index in [-0.39, 0.29) is 17.7 Å². The Balaban J connectivity index is 1.65. The predicted molar refractivity (Wildman–Crippen MR) is 124 cm³/mol. The van der Waals surface area contributed by atoms with Gasteiger partial charge in [0.05, 0.1) is 22.5 Å². The lowest BCUT2D eigenvalue weighted by molar-refractivity contribution is -0.120. The number of likely N-dealkylation sites (N-methyl/N-ethyl adjacent to an activating group) is 1. The van der Waals surface area contributed by atoms with Crippen LogP contribution in [0.3, 0.4) is 0 Å². The molecule has 1 atom stereocenters. The standard InChI is InChI=1S/C25H24N2O3S/c1-26-19-15-9-8-14-18(19)20(23(26)28)21-22(31-17-12-6-3-7-13-17)25(30)27(24(21)29)16-10-4-2-5-11-16/h2,4-5,8-11,14-15,17,22H,3,6-7,12-13H2,1H3/b21-20+. The summed E-state index contributed by atoms with van der Waals surface area (Å²) in [4.78, 5) is 43.4. The highest BCUT2D eigenvalue weighted by Crippen LogP contribution is 2.45. The van der Waals surface area contributed by atoms with Gasteiger partial charge in [0.15, 0.2) is 0 Å². The molecule has 0 bridgehead atoms. The Morgan fingerprint density at radius 1 is 0.839 bits per heavy atom. The summed E-state index contributed by atoms with van der Waals surface area (Å²) in [5, 5.41) is -0.333. The van der Waals surface area contributed by atoms with Crippen LogP contribution in [0.5, 0.6) is 0 Å². The molecule has 1 unspecified atom stereocenters. The van der Waals surface area contributed by atoms with Crippen molar-refractivity contribution in [2.24, 2.45) is 0 Å². The lowest BCUT2D eigenvalue weighted by Gasteiger charge is -2.24. The molecule has 2 aromatic carbocycles. The second-order valence-corrected chi connectivity index (χ2v) is 9.67. The molecule has 2 aliphatic heterocycles. The smallest absolute Gasteiger partial charge is 0.263 e. The fraction of sp³-hybridized carbons (Fsp3) is 0.320. The summed E-state index contributed by atoms with van der Waals surface area (Å²) in [6, 6.07) is 16.5. The van der Waals surface area contributed by atoms with Crippen LogP contribution in [0.15, 0.2) is 60.2 Å². The first-order valence-corrected chi connectivity index (χ1v) is 11.7. The van der Waals surface area contributed by atoms with E-state index in [1.54, 1.807) is 35.8 Å². The number of nitrogens with zero attached hydrogens (tertiary/aromatic N) is 2. The van der Waals surface area contributed by atoms with Gasteiger partial charge in [-0.15, -0.1) is 11.8 Å². The number of rotatable bonds is 3.